The third-order valence-electron chi connectivity index (χ3n) is 6.30. The molecule has 174 valence electrons. The number of nitrogens with one attached hydrogen (secondary N) is 1. The number of rotatable bonds is 6. The summed E-state index contributed by atoms with van der Waals surface area (Å²) < 4.78 is 16.8. The van der Waals surface area contributed by atoms with Crippen molar-refractivity contribution in [3.05, 3.63) is 63.0 Å². The Morgan fingerprint density at radius 1 is 1.12 bits per heavy atom. The Kier molecular flexibility index (Phi) is 6.31. The molecule has 0 spiro atoms. The number of carbonyl (C=O) groups is 1. The Hall–Kier alpha value is -2.19. The Balaban J connectivity index is 1.30. The zero-order valence-corrected chi connectivity index (χ0v) is 19.8. The molecule has 6 nitrogen and oxygen atoms in total. The smallest absolute Gasteiger partial charge is 0.277 e. The summed E-state index contributed by atoms with van der Waals surface area (Å²) in [5.74, 6) is -1.14. The number of hydrogen-bond donors (Lipinski definition) is 1. The largest absolute Gasteiger partial charge is 0.299 e. The first kappa shape index (κ1) is 22.6. The molecule has 2 aromatic carbocycles. The van der Waals surface area contributed by atoms with E-state index >= 15 is 0 Å². The van der Waals surface area contributed by atoms with Crippen LogP contribution in [0.2, 0.25) is 10.0 Å². The van der Waals surface area contributed by atoms with Gasteiger partial charge in [0.05, 0.1) is 28.9 Å². The fraction of sp³-hybridized carbons (Fsp3) is 0.417. The second-order valence-electron chi connectivity index (χ2n) is 8.91. The SMILES string of the molecule is Cc1nn(C2CCN(Cc3cc(Cl)cc(Cl)c3)CC2)c2cc(F)c(C(=O)NOC3CC3)cc12. The van der Waals surface area contributed by atoms with Crippen LogP contribution in [0.25, 0.3) is 10.9 Å². The Bertz CT molecular complexity index is 1180. The van der Waals surface area contributed by atoms with Gasteiger partial charge in [-0.2, -0.15) is 5.10 Å². The molecule has 1 N–H and O–H groups in total. The molecule has 0 atom stereocenters. The number of hydrogen-bond acceptors (Lipinski definition) is 4. The van der Waals surface area contributed by atoms with Gasteiger partial charge in [-0.15, -0.1) is 0 Å². The minimum Gasteiger partial charge on any atom is -0.299 e. The van der Waals surface area contributed by atoms with Crippen LogP contribution in [0.1, 0.15) is 53.3 Å². The van der Waals surface area contributed by atoms with E-state index in [4.69, 9.17) is 33.1 Å². The van der Waals surface area contributed by atoms with Crippen LogP contribution < -0.4 is 5.48 Å². The first-order valence-electron chi connectivity index (χ1n) is 11.2. The number of fused-ring (bicyclic) bond motifs is 1. The number of hydroxylamine groups is 1. The fourth-order valence-electron chi connectivity index (χ4n) is 4.42. The normalized spacial score (nSPS) is 17.6. The van der Waals surface area contributed by atoms with Crippen LogP contribution in [0.5, 0.6) is 0 Å². The van der Waals surface area contributed by atoms with E-state index in [2.05, 4.69) is 10.4 Å². The lowest BCUT2D eigenvalue weighted by Gasteiger charge is -2.32. The number of amides is 1. The summed E-state index contributed by atoms with van der Waals surface area (Å²) in [5, 5.41) is 6.76. The zero-order chi connectivity index (χ0) is 23.1. The molecule has 1 saturated heterocycles. The van der Waals surface area contributed by atoms with E-state index in [1.54, 1.807) is 12.1 Å². The third kappa shape index (κ3) is 5.01. The van der Waals surface area contributed by atoms with Crippen molar-refractivity contribution < 1.29 is 14.0 Å². The molecule has 9 heteroatoms. The molecule has 1 aliphatic heterocycles. The van der Waals surface area contributed by atoms with Gasteiger partial charge in [-0.25, -0.2) is 9.87 Å². The van der Waals surface area contributed by atoms with E-state index in [9.17, 15) is 9.18 Å². The van der Waals surface area contributed by atoms with E-state index in [0.717, 1.165) is 62.0 Å². The van der Waals surface area contributed by atoms with Gasteiger partial charge in [-0.05, 0) is 62.4 Å². The molecule has 1 aromatic heterocycles. The molecule has 2 fully saturated rings. The van der Waals surface area contributed by atoms with Crippen LogP contribution in [0, 0.1) is 12.7 Å². The molecule has 0 radical (unpaired) electrons. The number of piperidine rings is 1. The molecule has 3 aromatic rings. The van der Waals surface area contributed by atoms with E-state index in [0.29, 0.717) is 15.6 Å². The van der Waals surface area contributed by atoms with Crippen LogP contribution in [0.15, 0.2) is 30.3 Å². The van der Waals surface area contributed by atoms with Crippen molar-refractivity contribution in [2.75, 3.05) is 13.1 Å². The second kappa shape index (κ2) is 9.22. The maximum absolute atomic E-state index is 14.8. The molecule has 0 bridgehead atoms. The fourth-order valence-corrected chi connectivity index (χ4v) is 5.00. The molecule has 5 rings (SSSR count). The third-order valence-corrected chi connectivity index (χ3v) is 6.73. The van der Waals surface area contributed by atoms with Crippen LogP contribution in [0.4, 0.5) is 4.39 Å². The summed E-state index contributed by atoms with van der Waals surface area (Å²) in [6.07, 6.45) is 3.67. The highest BCUT2D eigenvalue weighted by molar-refractivity contribution is 6.34. The maximum Gasteiger partial charge on any atom is 0.277 e. The lowest BCUT2D eigenvalue weighted by molar-refractivity contribution is 0.0226. The van der Waals surface area contributed by atoms with E-state index < -0.39 is 11.7 Å². The Morgan fingerprint density at radius 2 is 1.82 bits per heavy atom. The van der Waals surface area contributed by atoms with Crippen molar-refractivity contribution in [2.24, 2.45) is 0 Å². The predicted molar refractivity (Wildman–Crippen MR) is 126 cm³/mol. The van der Waals surface area contributed by atoms with Gasteiger partial charge in [-0.1, -0.05) is 23.2 Å². The average Bonchev–Trinajstić information content (AvgIpc) is 3.55. The number of aryl methyl sites for hydroxylation is 1. The van der Waals surface area contributed by atoms with Gasteiger partial charge in [0.2, 0.25) is 0 Å². The van der Waals surface area contributed by atoms with E-state index in [1.165, 1.54) is 6.07 Å². The lowest BCUT2D eigenvalue weighted by Crippen LogP contribution is -2.34. The second-order valence-corrected chi connectivity index (χ2v) is 9.79. The molecule has 1 saturated carbocycles. The van der Waals surface area contributed by atoms with Crippen LogP contribution in [-0.2, 0) is 11.4 Å². The maximum atomic E-state index is 14.8. The molecule has 2 aliphatic rings. The van der Waals surface area contributed by atoms with Gasteiger partial charge in [-0.3, -0.25) is 19.2 Å². The first-order valence-corrected chi connectivity index (χ1v) is 11.9. The lowest BCUT2D eigenvalue weighted by atomic mass is 10.0. The highest BCUT2D eigenvalue weighted by Gasteiger charge is 2.27. The van der Waals surface area contributed by atoms with Crippen LogP contribution in [0.3, 0.4) is 0 Å². The predicted octanol–water partition coefficient (Wildman–Crippen LogP) is 5.45. The van der Waals surface area contributed by atoms with E-state index in [1.807, 2.05) is 23.7 Å². The van der Waals surface area contributed by atoms with Gasteiger partial charge in [0.1, 0.15) is 5.82 Å². The van der Waals surface area contributed by atoms with E-state index in [-0.39, 0.29) is 17.7 Å². The number of halogens is 3. The molecular weight excluding hydrogens is 466 g/mol. The van der Waals surface area contributed by atoms with Crippen molar-refractivity contribution in [1.82, 2.24) is 20.2 Å². The minimum atomic E-state index is -0.573. The summed E-state index contributed by atoms with van der Waals surface area (Å²) in [4.78, 5) is 20.0. The van der Waals surface area contributed by atoms with Gasteiger partial charge in [0, 0.05) is 41.1 Å². The topological polar surface area (TPSA) is 59.4 Å². The van der Waals surface area contributed by atoms with Gasteiger partial charge >= 0.3 is 0 Å². The first-order chi connectivity index (χ1) is 15.9. The van der Waals surface area contributed by atoms with Gasteiger partial charge < -0.3 is 0 Å². The van der Waals surface area contributed by atoms with Crippen molar-refractivity contribution >= 4 is 40.0 Å². The highest BCUT2D eigenvalue weighted by Crippen LogP contribution is 2.31. The summed E-state index contributed by atoms with van der Waals surface area (Å²) in [6.45, 7) is 4.44. The van der Waals surface area contributed by atoms with Crippen LogP contribution >= 0.6 is 23.2 Å². The van der Waals surface area contributed by atoms with Crippen molar-refractivity contribution in [2.45, 2.75) is 51.3 Å². The number of nitrogens with zero attached hydrogens (tertiary/aromatic N) is 3. The summed E-state index contributed by atoms with van der Waals surface area (Å²) in [7, 11) is 0. The minimum absolute atomic E-state index is 0.0270. The number of benzene rings is 2. The standard InChI is InChI=1S/C24H25Cl2FN4O2/c1-14-20-11-21(24(32)29-33-19-2-3-19)22(27)12-23(20)31(28-14)18-4-6-30(7-5-18)13-15-8-16(25)10-17(26)9-15/h8-12,18-19H,2-7,13H2,1H3,(H,29,32). The number of likely N-dealkylation sites (tertiary alicyclic amines) is 1. The van der Waals surface area contributed by atoms with Crippen molar-refractivity contribution in [3.8, 4) is 0 Å². The average molecular weight is 491 g/mol. The molecule has 1 amide bonds. The van der Waals surface area contributed by atoms with Crippen molar-refractivity contribution in [1.29, 1.82) is 0 Å². The highest BCUT2D eigenvalue weighted by atomic mass is 35.5. The molecule has 2 heterocycles. The zero-order valence-electron chi connectivity index (χ0n) is 18.3. The van der Waals surface area contributed by atoms with Gasteiger partial charge in [0.15, 0.2) is 0 Å². The summed E-state index contributed by atoms with van der Waals surface area (Å²) in [5.41, 5.74) is 4.91. The van der Waals surface area contributed by atoms with Gasteiger partial charge in [0.25, 0.3) is 5.91 Å². The molecule has 33 heavy (non-hydrogen) atoms. The quantitative estimate of drug-likeness (QED) is 0.466. The van der Waals surface area contributed by atoms with Crippen LogP contribution in [-0.4, -0.2) is 39.8 Å². The van der Waals surface area contributed by atoms with Crippen molar-refractivity contribution in [3.63, 3.8) is 0 Å². The summed E-state index contributed by atoms with van der Waals surface area (Å²) >= 11 is 12.3. The molecule has 0 unspecified atom stereocenters. The monoisotopic (exact) mass is 490 g/mol. The number of aromatic nitrogens is 2. The number of carbonyl (C=O) groups excluding carboxylic acids is 1. The molecule has 1 aliphatic carbocycles. The Morgan fingerprint density at radius 3 is 2.48 bits per heavy atom. The Labute approximate surface area is 201 Å². The summed E-state index contributed by atoms with van der Waals surface area (Å²) in [6, 6.07) is 8.77. The molecular formula is C24H25Cl2FN4O2.